The zero-order valence-corrected chi connectivity index (χ0v) is 9.95. The van der Waals surface area contributed by atoms with Crippen LogP contribution in [0.1, 0.15) is 6.42 Å². The summed E-state index contributed by atoms with van der Waals surface area (Å²) in [4.78, 5) is 9.78. The third-order valence-corrected chi connectivity index (χ3v) is 3.48. The van der Waals surface area contributed by atoms with Crippen LogP contribution in [0, 0.1) is 0 Å². The summed E-state index contributed by atoms with van der Waals surface area (Å²) >= 11 is 0. The molecule has 0 aromatic heterocycles. The average molecular weight is 279 g/mol. The molecule has 1 aromatic rings. The summed E-state index contributed by atoms with van der Waals surface area (Å²) in [6.07, 6.45) is -0.100. The van der Waals surface area contributed by atoms with E-state index in [1.165, 1.54) is 12.1 Å². The molecular formula is C10H11F2NO4S. The number of hydrogen-bond donors (Lipinski definition) is 2. The molecule has 0 spiro atoms. The molecule has 0 aliphatic heterocycles. The first-order chi connectivity index (χ1) is 8.34. The van der Waals surface area contributed by atoms with E-state index in [-0.39, 0.29) is 13.0 Å². The van der Waals surface area contributed by atoms with Gasteiger partial charge in [-0.2, -0.15) is 8.78 Å². The molecule has 0 bridgehead atoms. The van der Waals surface area contributed by atoms with Crippen LogP contribution >= 0.6 is 0 Å². The minimum Gasteiger partial charge on any atom is -0.481 e. The van der Waals surface area contributed by atoms with Gasteiger partial charge in [0.2, 0.25) is 9.84 Å². The van der Waals surface area contributed by atoms with Crippen LogP contribution in [0.3, 0.4) is 0 Å². The molecule has 2 N–H and O–H groups in total. The molecular weight excluding hydrogens is 268 g/mol. The Morgan fingerprint density at radius 3 is 2.28 bits per heavy atom. The fourth-order valence-corrected chi connectivity index (χ4v) is 1.90. The highest BCUT2D eigenvalue weighted by molar-refractivity contribution is 7.91. The van der Waals surface area contributed by atoms with Gasteiger partial charge < -0.3 is 10.4 Å². The van der Waals surface area contributed by atoms with Gasteiger partial charge in [0.1, 0.15) is 0 Å². The molecule has 0 aliphatic carbocycles. The zero-order chi connectivity index (χ0) is 13.8. The lowest BCUT2D eigenvalue weighted by molar-refractivity contribution is -0.136. The van der Waals surface area contributed by atoms with E-state index >= 15 is 0 Å². The van der Waals surface area contributed by atoms with Crippen LogP contribution < -0.4 is 5.32 Å². The molecule has 0 atom stereocenters. The largest absolute Gasteiger partial charge is 0.481 e. The Hall–Kier alpha value is -1.70. The van der Waals surface area contributed by atoms with Crippen molar-refractivity contribution in [3.05, 3.63) is 24.3 Å². The molecule has 0 aliphatic rings. The van der Waals surface area contributed by atoms with E-state index in [4.69, 9.17) is 5.11 Å². The van der Waals surface area contributed by atoms with E-state index in [9.17, 15) is 22.0 Å². The van der Waals surface area contributed by atoms with Gasteiger partial charge in [0, 0.05) is 12.2 Å². The lowest BCUT2D eigenvalue weighted by atomic mass is 10.3. The Kier molecular flexibility index (Phi) is 4.60. The quantitative estimate of drug-likeness (QED) is 0.825. The predicted molar refractivity (Wildman–Crippen MR) is 60.4 cm³/mol. The van der Waals surface area contributed by atoms with Gasteiger partial charge in [0.15, 0.2) is 0 Å². The van der Waals surface area contributed by atoms with E-state index in [1.54, 1.807) is 0 Å². The zero-order valence-electron chi connectivity index (χ0n) is 9.14. The summed E-state index contributed by atoms with van der Waals surface area (Å²) < 4.78 is 46.6. The standard InChI is InChI=1S/C10H11F2NO4S/c11-10(12)18(16,17)8-3-1-7(2-4-8)13-6-5-9(14)15/h1-4,10,13H,5-6H2,(H,14,15). The van der Waals surface area contributed by atoms with Crippen LogP contribution in [0.25, 0.3) is 0 Å². The molecule has 0 heterocycles. The molecule has 1 aromatic carbocycles. The number of carboxylic acid groups (broad SMARTS) is 1. The minimum absolute atomic E-state index is 0.100. The molecule has 1 rings (SSSR count). The third kappa shape index (κ3) is 3.66. The summed E-state index contributed by atoms with van der Waals surface area (Å²) in [5, 5.41) is 11.1. The van der Waals surface area contributed by atoms with Crippen molar-refractivity contribution in [1.82, 2.24) is 0 Å². The van der Waals surface area contributed by atoms with Gasteiger partial charge in [-0.15, -0.1) is 0 Å². The van der Waals surface area contributed by atoms with Crippen molar-refractivity contribution in [3.63, 3.8) is 0 Å². The van der Waals surface area contributed by atoms with Crippen molar-refractivity contribution in [3.8, 4) is 0 Å². The third-order valence-electron chi connectivity index (χ3n) is 2.09. The first-order valence-electron chi connectivity index (χ1n) is 4.92. The van der Waals surface area contributed by atoms with Gasteiger partial charge in [-0.3, -0.25) is 4.79 Å². The Balaban J connectivity index is 2.72. The smallest absolute Gasteiger partial charge is 0.341 e. The molecule has 0 unspecified atom stereocenters. The number of anilines is 1. The van der Waals surface area contributed by atoms with Crippen molar-refractivity contribution < 1.29 is 27.1 Å². The molecule has 0 radical (unpaired) electrons. The SMILES string of the molecule is O=C(O)CCNc1ccc(S(=O)(=O)C(F)F)cc1. The molecule has 8 heteroatoms. The first kappa shape index (κ1) is 14.4. The molecule has 5 nitrogen and oxygen atoms in total. The van der Waals surface area contributed by atoms with Gasteiger partial charge in [0.25, 0.3) is 0 Å². The van der Waals surface area contributed by atoms with Gasteiger partial charge in [-0.05, 0) is 24.3 Å². The molecule has 0 fully saturated rings. The number of nitrogens with one attached hydrogen (secondary N) is 1. The molecule has 0 amide bonds. The van der Waals surface area contributed by atoms with Crippen molar-refractivity contribution in [2.45, 2.75) is 17.1 Å². The highest BCUT2D eigenvalue weighted by Gasteiger charge is 2.26. The number of sulfone groups is 1. The van der Waals surface area contributed by atoms with Gasteiger partial charge in [-0.1, -0.05) is 0 Å². The summed E-state index contributed by atoms with van der Waals surface area (Å²) in [7, 11) is -4.58. The van der Waals surface area contributed by atoms with Gasteiger partial charge in [-0.25, -0.2) is 8.42 Å². The average Bonchev–Trinajstić information content (AvgIpc) is 2.29. The summed E-state index contributed by atoms with van der Waals surface area (Å²) in [6, 6.07) is 4.70. The second kappa shape index (κ2) is 5.76. The number of aliphatic carboxylic acids is 1. The summed E-state index contributed by atoms with van der Waals surface area (Å²) in [6.45, 7) is 0.163. The number of rotatable bonds is 6. The van der Waals surface area contributed by atoms with Crippen LogP contribution in [-0.2, 0) is 14.6 Å². The molecule has 0 saturated carbocycles. The number of benzene rings is 1. The Morgan fingerprint density at radius 1 is 1.28 bits per heavy atom. The minimum atomic E-state index is -4.58. The van der Waals surface area contributed by atoms with E-state index in [0.29, 0.717) is 5.69 Å². The summed E-state index contributed by atoms with van der Waals surface area (Å²) in [5.41, 5.74) is 0.462. The van der Waals surface area contributed by atoms with Crippen molar-refractivity contribution in [2.75, 3.05) is 11.9 Å². The predicted octanol–water partition coefficient (Wildman–Crippen LogP) is 1.57. The Labute approximate surface area is 102 Å². The van der Waals surface area contributed by atoms with E-state index in [2.05, 4.69) is 5.32 Å². The number of carbonyl (C=O) groups is 1. The molecule has 100 valence electrons. The van der Waals surface area contributed by atoms with Crippen molar-refractivity contribution >= 4 is 21.5 Å². The number of carboxylic acids is 1. The second-order valence-corrected chi connectivity index (χ2v) is 5.32. The van der Waals surface area contributed by atoms with Crippen LogP contribution in [0.15, 0.2) is 29.2 Å². The summed E-state index contributed by atoms with van der Waals surface area (Å²) in [5.74, 6) is -4.43. The molecule has 0 saturated heterocycles. The van der Waals surface area contributed by atoms with Crippen LogP contribution in [0.5, 0.6) is 0 Å². The van der Waals surface area contributed by atoms with Crippen LogP contribution in [-0.4, -0.2) is 31.8 Å². The number of alkyl halides is 2. The van der Waals surface area contributed by atoms with Gasteiger partial charge in [0.05, 0.1) is 11.3 Å². The van der Waals surface area contributed by atoms with Crippen molar-refractivity contribution in [1.29, 1.82) is 0 Å². The Morgan fingerprint density at radius 2 is 1.83 bits per heavy atom. The second-order valence-electron chi connectivity index (χ2n) is 3.40. The van der Waals surface area contributed by atoms with Gasteiger partial charge >= 0.3 is 11.7 Å². The highest BCUT2D eigenvalue weighted by Crippen LogP contribution is 2.20. The maximum Gasteiger partial charge on any atom is 0.341 e. The maximum absolute atomic E-state index is 12.2. The fourth-order valence-electron chi connectivity index (χ4n) is 1.18. The number of hydrogen-bond acceptors (Lipinski definition) is 4. The lowest BCUT2D eigenvalue weighted by Crippen LogP contribution is -2.11. The van der Waals surface area contributed by atoms with Crippen LogP contribution in [0.2, 0.25) is 0 Å². The number of halogens is 2. The van der Waals surface area contributed by atoms with Crippen molar-refractivity contribution in [2.24, 2.45) is 0 Å². The van der Waals surface area contributed by atoms with E-state index < -0.39 is 26.5 Å². The van der Waals surface area contributed by atoms with E-state index in [1.807, 2.05) is 0 Å². The fraction of sp³-hybridized carbons (Fsp3) is 0.300. The van der Waals surface area contributed by atoms with Crippen LogP contribution in [0.4, 0.5) is 14.5 Å². The monoisotopic (exact) mass is 279 g/mol. The highest BCUT2D eigenvalue weighted by atomic mass is 32.2. The lowest BCUT2D eigenvalue weighted by Gasteiger charge is -2.06. The van der Waals surface area contributed by atoms with E-state index in [0.717, 1.165) is 12.1 Å². The first-order valence-corrected chi connectivity index (χ1v) is 6.46. The normalized spacial score (nSPS) is 11.5. The Bertz CT molecular complexity index is 513. The topological polar surface area (TPSA) is 83.5 Å². The maximum atomic E-state index is 12.2. The molecule has 18 heavy (non-hydrogen) atoms.